The van der Waals surface area contributed by atoms with Gasteiger partial charge in [-0.25, -0.2) is 5.57 Å². The minimum absolute atomic E-state index is 0.0156. The molecule has 2 aromatic rings. The third kappa shape index (κ3) is 7.20. The first-order valence-corrected chi connectivity index (χ1v) is 13.4. The molecule has 0 amide bonds. The van der Waals surface area contributed by atoms with E-state index in [9.17, 15) is 18.3 Å². The van der Waals surface area contributed by atoms with Gasteiger partial charge in [0, 0.05) is 5.56 Å². The second kappa shape index (κ2) is 11.4. The van der Waals surface area contributed by atoms with E-state index in [0.29, 0.717) is 0 Å². The monoisotopic (exact) mass is 491 g/mol. The maximum absolute atomic E-state index is 12.8. The van der Waals surface area contributed by atoms with Crippen molar-refractivity contribution in [3.8, 4) is 16.9 Å². The Morgan fingerprint density at radius 3 is 1.73 bits per heavy atom. The van der Waals surface area contributed by atoms with Gasteiger partial charge in [-0.3, -0.25) is 6.08 Å². The summed E-state index contributed by atoms with van der Waals surface area (Å²) in [4.78, 5) is 0. The first-order chi connectivity index (χ1) is 13.9. The van der Waals surface area contributed by atoms with Crippen LogP contribution in [0.1, 0.15) is 40.2 Å². The third-order valence-electron chi connectivity index (χ3n) is 4.99. The van der Waals surface area contributed by atoms with Gasteiger partial charge < -0.3 is 5.11 Å². The fraction of sp³-hybridized carbons (Fsp3) is 0.304. The predicted octanol–water partition coefficient (Wildman–Crippen LogP) is 8.57. The maximum atomic E-state index is 12.8. The molecule has 0 spiro atoms. The number of halogens is 5. The molecule has 0 bridgehead atoms. The fourth-order valence-electron chi connectivity index (χ4n) is 3.07. The molecule has 0 heterocycles. The molecule has 7 heteroatoms. The van der Waals surface area contributed by atoms with Crippen LogP contribution in [0.15, 0.2) is 65.3 Å². The summed E-state index contributed by atoms with van der Waals surface area (Å²) >= 11 is -0.556. The van der Waals surface area contributed by atoms with Gasteiger partial charge in [0.2, 0.25) is 0 Å². The van der Waals surface area contributed by atoms with Crippen LogP contribution < -0.4 is 0 Å². The van der Waals surface area contributed by atoms with Gasteiger partial charge in [0.1, 0.15) is 5.75 Å². The first-order valence-electron chi connectivity index (χ1n) is 9.07. The number of phenolic OH excluding ortho intramolecular Hbond substituents is 1. The molecule has 0 saturated carbocycles. The number of para-hydroxylation sites is 1. The van der Waals surface area contributed by atoms with Crippen LogP contribution in [0, 0.1) is 11.5 Å². The number of rotatable bonds is 1. The van der Waals surface area contributed by atoms with Crippen LogP contribution >= 0.6 is 18.6 Å². The van der Waals surface area contributed by atoms with E-state index in [1.807, 2.05) is 0 Å². The number of phenols is 1. The molecule has 162 valence electrons. The third-order valence-corrected chi connectivity index (χ3v) is 4.99. The van der Waals surface area contributed by atoms with E-state index in [2.05, 4.69) is 40.7 Å². The van der Waals surface area contributed by atoms with E-state index in [0.717, 1.165) is 6.07 Å². The summed E-state index contributed by atoms with van der Waals surface area (Å²) in [6, 6.07) is 11.2. The van der Waals surface area contributed by atoms with E-state index in [1.54, 1.807) is 12.1 Å². The number of alkyl halides is 3. The molecule has 1 nitrogen and oxygen atoms in total. The molecule has 1 aliphatic rings. The SMILES string of the molecule is CC1=[C-]C(C)(C)C(C)=C1C.Oc1ccccc1-c1ccccc1C(F)(F)F.[Cl][Ti][Cl]. The Morgan fingerprint density at radius 2 is 1.37 bits per heavy atom. The van der Waals surface area contributed by atoms with Gasteiger partial charge in [0.05, 0.1) is 5.56 Å². The van der Waals surface area contributed by atoms with Gasteiger partial charge >= 0.3 is 41.8 Å². The summed E-state index contributed by atoms with van der Waals surface area (Å²) in [5.41, 5.74) is 3.81. The summed E-state index contributed by atoms with van der Waals surface area (Å²) < 4.78 is 38.4. The summed E-state index contributed by atoms with van der Waals surface area (Å²) in [6.07, 6.45) is -0.996. The van der Waals surface area contributed by atoms with Crippen molar-refractivity contribution in [2.24, 2.45) is 5.41 Å². The van der Waals surface area contributed by atoms with E-state index >= 15 is 0 Å². The molecule has 0 radical (unpaired) electrons. The zero-order chi connectivity index (χ0) is 23.1. The van der Waals surface area contributed by atoms with E-state index in [1.165, 1.54) is 47.1 Å². The van der Waals surface area contributed by atoms with Crippen LogP contribution in [0.25, 0.3) is 11.1 Å². The Hall–Kier alpha value is -1.20. The molecule has 0 atom stereocenters. The Morgan fingerprint density at radius 1 is 0.900 bits per heavy atom. The topological polar surface area (TPSA) is 20.2 Å². The quantitative estimate of drug-likeness (QED) is 0.313. The second-order valence-corrected chi connectivity index (χ2v) is 9.84. The second-order valence-electron chi connectivity index (χ2n) is 7.26. The normalized spacial score (nSPS) is 14.8. The molecule has 0 unspecified atom stereocenters. The van der Waals surface area contributed by atoms with Crippen molar-refractivity contribution in [3.05, 3.63) is 76.9 Å². The van der Waals surface area contributed by atoms with Crippen molar-refractivity contribution in [1.29, 1.82) is 0 Å². The van der Waals surface area contributed by atoms with E-state index in [-0.39, 0.29) is 22.3 Å². The molecular weight excluding hydrogens is 468 g/mol. The molecule has 0 fully saturated rings. The molecule has 30 heavy (non-hydrogen) atoms. The molecule has 1 N–H and O–H groups in total. The Kier molecular flexibility index (Phi) is 10.2. The number of hydrogen-bond donors (Lipinski definition) is 1. The van der Waals surface area contributed by atoms with Gasteiger partial charge in [-0.05, 0) is 17.7 Å². The standard InChI is InChI=1S/C13H9F3O.C10H15.2ClH.Ti/c14-13(15,16)11-7-3-1-5-9(11)10-6-2-4-8-12(10)17;1-7-6-10(4,5)9(3)8(7)2;;;/h1-8,17H;1-5H3;2*1H;/q;-1;;;+2/p-2. The van der Waals surface area contributed by atoms with Gasteiger partial charge in [0.15, 0.2) is 0 Å². The summed E-state index contributed by atoms with van der Waals surface area (Å²) in [6.45, 7) is 10.9. The van der Waals surface area contributed by atoms with Gasteiger partial charge in [-0.1, -0.05) is 69.5 Å². The predicted molar refractivity (Wildman–Crippen MR) is 115 cm³/mol. The van der Waals surface area contributed by atoms with Crippen molar-refractivity contribution in [3.63, 3.8) is 0 Å². The number of benzene rings is 2. The van der Waals surface area contributed by atoms with Gasteiger partial charge in [0.25, 0.3) is 0 Å². The molecule has 0 saturated heterocycles. The Balaban J connectivity index is 0.000000294. The van der Waals surface area contributed by atoms with Crippen LogP contribution in [-0.4, -0.2) is 5.11 Å². The Bertz CT molecular complexity index is 919. The van der Waals surface area contributed by atoms with Crippen molar-refractivity contribution < 1.29 is 35.3 Å². The Labute approximate surface area is 193 Å². The van der Waals surface area contributed by atoms with Gasteiger partial charge in [-0.15, -0.1) is 6.92 Å². The first kappa shape index (κ1) is 26.8. The summed E-state index contributed by atoms with van der Waals surface area (Å²) in [5.74, 6) is -0.163. The van der Waals surface area contributed by atoms with Crippen molar-refractivity contribution in [2.45, 2.75) is 40.8 Å². The van der Waals surface area contributed by atoms with E-state index < -0.39 is 28.8 Å². The summed E-state index contributed by atoms with van der Waals surface area (Å²) in [7, 11) is 9.78. The fourth-order valence-corrected chi connectivity index (χ4v) is 3.07. The average Bonchev–Trinajstić information content (AvgIpc) is 2.84. The molecule has 1 aliphatic carbocycles. The van der Waals surface area contributed by atoms with Crippen LogP contribution in [0.3, 0.4) is 0 Å². The zero-order valence-electron chi connectivity index (χ0n) is 17.5. The van der Waals surface area contributed by atoms with Crippen molar-refractivity contribution in [2.75, 3.05) is 0 Å². The number of hydrogen-bond acceptors (Lipinski definition) is 1. The molecular formula is C23H24Cl2F3OTi-. The average molecular weight is 492 g/mol. The van der Waals surface area contributed by atoms with Crippen molar-refractivity contribution in [1.82, 2.24) is 0 Å². The van der Waals surface area contributed by atoms with Gasteiger partial charge in [-0.2, -0.15) is 24.3 Å². The molecule has 3 rings (SSSR count). The number of allylic oxidation sites excluding steroid dienone is 4. The van der Waals surface area contributed by atoms with Crippen molar-refractivity contribution >= 4 is 18.6 Å². The van der Waals surface area contributed by atoms with Crippen LogP contribution in [0.4, 0.5) is 13.2 Å². The number of aromatic hydroxyl groups is 1. The molecule has 0 aliphatic heterocycles. The van der Waals surface area contributed by atoms with Crippen LogP contribution in [0.2, 0.25) is 0 Å². The van der Waals surface area contributed by atoms with Crippen LogP contribution in [0.5, 0.6) is 5.75 Å². The minimum atomic E-state index is -4.43. The molecule has 2 aromatic carbocycles. The van der Waals surface area contributed by atoms with E-state index in [4.69, 9.17) is 18.6 Å². The van der Waals surface area contributed by atoms with Crippen LogP contribution in [-0.2, 0) is 23.2 Å². The zero-order valence-corrected chi connectivity index (χ0v) is 20.5. The molecule has 0 aromatic heterocycles. The summed E-state index contributed by atoms with van der Waals surface area (Å²) in [5, 5.41) is 9.59.